The molecule has 0 radical (unpaired) electrons. The SMILES string of the molecule is Cc1cc(-c2ccccc2)c(C(O)[C@H]2[C@@H](c3ccccc3)CC(=O)N2C)s1. The van der Waals surface area contributed by atoms with Crippen LogP contribution in [-0.4, -0.2) is 29.0 Å². The van der Waals surface area contributed by atoms with Crippen molar-refractivity contribution in [2.45, 2.75) is 31.4 Å². The van der Waals surface area contributed by atoms with Gasteiger partial charge in [0, 0.05) is 29.1 Å². The van der Waals surface area contributed by atoms with Crippen molar-refractivity contribution in [2.24, 2.45) is 0 Å². The van der Waals surface area contributed by atoms with Gasteiger partial charge >= 0.3 is 0 Å². The fourth-order valence-corrected chi connectivity index (χ4v) is 5.16. The number of hydrogen-bond acceptors (Lipinski definition) is 3. The minimum Gasteiger partial charge on any atom is -0.385 e. The fraction of sp³-hybridized carbons (Fsp3) is 0.261. The molecule has 2 aromatic carbocycles. The van der Waals surface area contributed by atoms with Crippen LogP contribution in [0.1, 0.15) is 33.8 Å². The quantitative estimate of drug-likeness (QED) is 0.711. The number of aliphatic hydroxyl groups is 1. The summed E-state index contributed by atoms with van der Waals surface area (Å²) in [6.07, 6.45) is -0.284. The van der Waals surface area contributed by atoms with E-state index in [2.05, 4.69) is 37.3 Å². The van der Waals surface area contributed by atoms with Gasteiger partial charge in [0.25, 0.3) is 0 Å². The second kappa shape index (κ2) is 7.29. The minimum atomic E-state index is -0.722. The highest BCUT2D eigenvalue weighted by molar-refractivity contribution is 7.12. The molecule has 1 aliphatic rings. The van der Waals surface area contributed by atoms with E-state index in [4.69, 9.17) is 0 Å². The molecule has 3 aromatic rings. The first-order valence-corrected chi connectivity index (χ1v) is 10.0. The van der Waals surface area contributed by atoms with E-state index in [9.17, 15) is 9.90 Å². The van der Waals surface area contributed by atoms with Crippen LogP contribution < -0.4 is 0 Å². The van der Waals surface area contributed by atoms with Gasteiger partial charge in [-0.25, -0.2) is 0 Å². The lowest BCUT2D eigenvalue weighted by molar-refractivity contribution is -0.128. The molecule has 4 rings (SSSR count). The van der Waals surface area contributed by atoms with Crippen LogP contribution in [-0.2, 0) is 4.79 Å². The number of nitrogens with zero attached hydrogens (tertiary/aromatic N) is 1. The molecule has 0 spiro atoms. The molecule has 1 aromatic heterocycles. The van der Waals surface area contributed by atoms with E-state index in [0.717, 1.165) is 26.4 Å². The average molecular weight is 378 g/mol. The summed E-state index contributed by atoms with van der Waals surface area (Å²) in [5.41, 5.74) is 3.26. The zero-order valence-electron chi connectivity index (χ0n) is 15.5. The molecule has 0 aliphatic carbocycles. The van der Waals surface area contributed by atoms with Crippen molar-refractivity contribution in [2.75, 3.05) is 7.05 Å². The number of carbonyl (C=O) groups excluding carboxylic acids is 1. The highest BCUT2D eigenvalue weighted by Crippen LogP contribution is 2.44. The van der Waals surface area contributed by atoms with Gasteiger partial charge in [0.05, 0.1) is 6.04 Å². The monoisotopic (exact) mass is 377 g/mol. The van der Waals surface area contributed by atoms with Crippen molar-refractivity contribution >= 4 is 17.2 Å². The largest absolute Gasteiger partial charge is 0.385 e. The first-order valence-electron chi connectivity index (χ1n) is 9.20. The summed E-state index contributed by atoms with van der Waals surface area (Å²) in [4.78, 5) is 16.3. The number of amides is 1. The van der Waals surface area contributed by atoms with Gasteiger partial charge in [-0.1, -0.05) is 60.7 Å². The third kappa shape index (κ3) is 3.31. The van der Waals surface area contributed by atoms with Crippen molar-refractivity contribution in [3.05, 3.63) is 82.0 Å². The van der Waals surface area contributed by atoms with E-state index in [0.29, 0.717) is 6.42 Å². The standard InChI is InChI=1S/C23H23NO2S/c1-15-13-19(17-11-7-4-8-12-17)23(27-15)22(26)21-18(14-20(25)24(21)2)16-9-5-3-6-10-16/h3-13,18,21-22,26H,14H2,1-2H3/t18-,21-,22?/m1/s1. The van der Waals surface area contributed by atoms with E-state index in [1.807, 2.05) is 43.4 Å². The minimum absolute atomic E-state index is 0.00951. The normalized spacial score (nSPS) is 20.9. The van der Waals surface area contributed by atoms with Crippen LogP contribution in [0.15, 0.2) is 66.7 Å². The molecular formula is C23H23NO2S. The molecule has 1 unspecified atom stereocenters. The van der Waals surface area contributed by atoms with Gasteiger partial charge < -0.3 is 10.0 Å². The average Bonchev–Trinajstić information content (AvgIpc) is 3.23. The van der Waals surface area contributed by atoms with Crippen molar-refractivity contribution in [1.29, 1.82) is 0 Å². The third-order valence-electron chi connectivity index (χ3n) is 5.44. The molecule has 0 saturated carbocycles. The molecule has 0 bridgehead atoms. The summed E-state index contributed by atoms with van der Waals surface area (Å²) < 4.78 is 0. The predicted octanol–water partition coefficient (Wildman–Crippen LogP) is 4.77. The number of rotatable bonds is 4. The second-order valence-electron chi connectivity index (χ2n) is 7.16. The number of carbonyl (C=O) groups is 1. The molecule has 3 nitrogen and oxygen atoms in total. The van der Waals surface area contributed by atoms with Gasteiger partial charge in [0.2, 0.25) is 5.91 Å². The second-order valence-corrected chi connectivity index (χ2v) is 8.45. The van der Waals surface area contributed by atoms with Crippen LogP contribution in [0.3, 0.4) is 0 Å². The number of benzene rings is 2. The molecule has 1 saturated heterocycles. The highest BCUT2D eigenvalue weighted by atomic mass is 32.1. The molecule has 27 heavy (non-hydrogen) atoms. The van der Waals surface area contributed by atoms with Gasteiger partial charge in [-0.15, -0.1) is 11.3 Å². The molecular weight excluding hydrogens is 354 g/mol. The van der Waals surface area contributed by atoms with Crippen molar-refractivity contribution in [3.8, 4) is 11.1 Å². The maximum atomic E-state index is 12.5. The number of aryl methyl sites for hydroxylation is 1. The summed E-state index contributed by atoms with van der Waals surface area (Å²) in [5, 5.41) is 11.4. The Labute approximate surface area is 163 Å². The third-order valence-corrected chi connectivity index (χ3v) is 6.56. The lowest BCUT2D eigenvalue weighted by Gasteiger charge is -2.30. The smallest absolute Gasteiger partial charge is 0.223 e. The van der Waals surface area contributed by atoms with E-state index in [1.165, 1.54) is 0 Å². The maximum absolute atomic E-state index is 12.5. The number of thiophene rings is 1. The summed E-state index contributed by atoms with van der Waals surface area (Å²) >= 11 is 1.62. The lowest BCUT2D eigenvalue weighted by atomic mass is 9.87. The van der Waals surface area contributed by atoms with Crippen molar-refractivity contribution < 1.29 is 9.90 Å². The van der Waals surface area contributed by atoms with Crippen molar-refractivity contribution in [1.82, 2.24) is 4.90 Å². The topological polar surface area (TPSA) is 40.5 Å². The Balaban J connectivity index is 1.75. The zero-order valence-corrected chi connectivity index (χ0v) is 16.3. The van der Waals surface area contributed by atoms with Crippen LogP contribution in [0.4, 0.5) is 0 Å². The molecule has 1 fully saturated rings. The molecule has 2 heterocycles. The number of likely N-dealkylation sites (N-methyl/N-ethyl adjacent to an activating group) is 1. The van der Waals surface area contributed by atoms with Gasteiger partial charge in [0.15, 0.2) is 0 Å². The van der Waals surface area contributed by atoms with Gasteiger partial charge in [-0.05, 0) is 29.7 Å². The zero-order chi connectivity index (χ0) is 19.0. The first-order chi connectivity index (χ1) is 13.1. The predicted molar refractivity (Wildman–Crippen MR) is 110 cm³/mol. The molecule has 1 amide bonds. The Morgan fingerprint density at radius 2 is 1.70 bits per heavy atom. The van der Waals surface area contributed by atoms with E-state index >= 15 is 0 Å². The number of likely N-dealkylation sites (tertiary alicyclic amines) is 1. The summed E-state index contributed by atoms with van der Waals surface area (Å²) in [5.74, 6) is 0.0761. The van der Waals surface area contributed by atoms with E-state index in [1.54, 1.807) is 16.2 Å². The van der Waals surface area contributed by atoms with Crippen LogP contribution in [0.25, 0.3) is 11.1 Å². The summed E-state index contributed by atoms with van der Waals surface area (Å²) in [6, 6.07) is 22.1. The summed E-state index contributed by atoms with van der Waals surface area (Å²) in [7, 11) is 1.81. The highest BCUT2D eigenvalue weighted by Gasteiger charge is 2.43. The fourth-order valence-electron chi connectivity index (χ4n) is 4.09. The first kappa shape index (κ1) is 18.0. The van der Waals surface area contributed by atoms with Crippen LogP contribution in [0.2, 0.25) is 0 Å². The van der Waals surface area contributed by atoms with Crippen LogP contribution in [0, 0.1) is 6.92 Å². The molecule has 3 atom stereocenters. The Hall–Kier alpha value is -2.43. The molecule has 4 heteroatoms. The Kier molecular flexibility index (Phi) is 4.85. The van der Waals surface area contributed by atoms with Gasteiger partial charge in [-0.3, -0.25) is 4.79 Å². The number of hydrogen-bond donors (Lipinski definition) is 1. The van der Waals surface area contributed by atoms with Crippen LogP contribution >= 0.6 is 11.3 Å². The number of aliphatic hydroxyl groups excluding tert-OH is 1. The van der Waals surface area contributed by atoms with Crippen LogP contribution in [0.5, 0.6) is 0 Å². The van der Waals surface area contributed by atoms with Gasteiger partial charge in [-0.2, -0.15) is 0 Å². The van der Waals surface area contributed by atoms with Crippen molar-refractivity contribution in [3.63, 3.8) is 0 Å². The Morgan fingerprint density at radius 1 is 1.07 bits per heavy atom. The Morgan fingerprint density at radius 3 is 2.37 bits per heavy atom. The maximum Gasteiger partial charge on any atom is 0.223 e. The molecule has 138 valence electrons. The molecule has 1 aliphatic heterocycles. The lowest BCUT2D eigenvalue weighted by Crippen LogP contribution is -2.36. The van der Waals surface area contributed by atoms with E-state index < -0.39 is 6.10 Å². The summed E-state index contributed by atoms with van der Waals surface area (Å²) in [6.45, 7) is 2.06. The van der Waals surface area contributed by atoms with Gasteiger partial charge in [0.1, 0.15) is 6.10 Å². The molecule has 1 N–H and O–H groups in total. The van der Waals surface area contributed by atoms with E-state index in [-0.39, 0.29) is 17.9 Å². The Bertz CT molecular complexity index is 936.